The summed E-state index contributed by atoms with van der Waals surface area (Å²) in [5, 5.41) is 21.8. The lowest BCUT2D eigenvalue weighted by molar-refractivity contribution is -0.139. The Balaban J connectivity index is 1.19. The fourth-order valence-corrected chi connectivity index (χ4v) is 7.70. The number of methoxy groups -OCH3 is 1. The number of carboxylic acids is 1. The molecule has 3 fully saturated rings. The molecule has 2 saturated carbocycles. The largest absolute Gasteiger partial charge is 0.508 e. The van der Waals surface area contributed by atoms with Crippen LogP contribution >= 0.6 is 24.0 Å². The first-order valence-electron chi connectivity index (χ1n) is 14.1. The highest BCUT2D eigenvalue weighted by atomic mass is 32.2. The number of hydrogen-bond donors (Lipinski definition) is 3. The lowest BCUT2D eigenvalue weighted by atomic mass is 9.94. The van der Waals surface area contributed by atoms with E-state index < -0.39 is 17.9 Å². The van der Waals surface area contributed by atoms with Gasteiger partial charge in [0, 0.05) is 24.1 Å². The van der Waals surface area contributed by atoms with Gasteiger partial charge >= 0.3 is 5.97 Å². The van der Waals surface area contributed by atoms with E-state index in [0.29, 0.717) is 43.7 Å². The van der Waals surface area contributed by atoms with Crippen molar-refractivity contribution in [2.24, 2.45) is 11.8 Å². The number of carboxylic acid groups (broad SMARTS) is 1. The van der Waals surface area contributed by atoms with E-state index in [1.807, 2.05) is 0 Å². The lowest BCUT2D eigenvalue weighted by Gasteiger charge is -2.30. The molecule has 3 N–H and O–H groups in total. The summed E-state index contributed by atoms with van der Waals surface area (Å²) < 4.78 is 12.0. The van der Waals surface area contributed by atoms with Crippen molar-refractivity contribution in [1.82, 2.24) is 10.2 Å². The molecule has 2 aromatic carbocycles. The fraction of sp³-hybridized carbons (Fsp3) is 0.312. The predicted octanol–water partition coefficient (Wildman–Crippen LogP) is 5.48. The van der Waals surface area contributed by atoms with Gasteiger partial charge in [-0.05, 0) is 79.1 Å². The molecule has 1 aliphatic heterocycles. The molecule has 2 aliphatic carbocycles. The van der Waals surface area contributed by atoms with Crippen LogP contribution in [0.3, 0.4) is 0 Å². The number of rotatable bonds is 9. The quantitative estimate of drug-likeness (QED) is 0.211. The first-order chi connectivity index (χ1) is 20.7. The SMILES string of the molecule is COc1ccc(-c2ccc(/C=C3\SC(=S)N(C4CC5CCC4C5)C3=O)o2)cc1C(=O)NC(Cc1ccc(O)cc1)C(=O)O. The van der Waals surface area contributed by atoms with E-state index in [1.165, 1.54) is 43.8 Å². The van der Waals surface area contributed by atoms with Crippen molar-refractivity contribution in [3.05, 3.63) is 76.4 Å². The number of carbonyl (C=O) groups is 3. The van der Waals surface area contributed by atoms with Crippen LogP contribution in [0, 0.1) is 11.8 Å². The van der Waals surface area contributed by atoms with Crippen LogP contribution in [0.25, 0.3) is 17.4 Å². The maximum absolute atomic E-state index is 13.3. The van der Waals surface area contributed by atoms with Crippen LogP contribution < -0.4 is 10.1 Å². The van der Waals surface area contributed by atoms with Crippen molar-refractivity contribution in [3.63, 3.8) is 0 Å². The molecule has 6 rings (SSSR count). The molecule has 0 radical (unpaired) electrons. The third-order valence-electron chi connectivity index (χ3n) is 8.46. The van der Waals surface area contributed by atoms with E-state index in [0.717, 1.165) is 12.8 Å². The third-order valence-corrected chi connectivity index (χ3v) is 9.79. The van der Waals surface area contributed by atoms with Crippen LogP contribution in [0.1, 0.15) is 47.4 Å². The molecular weight excluding hydrogens is 588 g/mol. The minimum Gasteiger partial charge on any atom is -0.508 e. The Morgan fingerprint density at radius 1 is 1.16 bits per heavy atom. The Hall–Kier alpha value is -4.09. The van der Waals surface area contributed by atoms with E-state index in [-0.39, 0.29) is 35.4 Å². The summed E-state index contributed by atoms with van der Waals surface area (Å²) in [6, 6.07) is 13.5. The summed E-state index contributed by atoms with van der Waals surface area (Å²) >= 11 is 6.89. The van der Waals surface area contributed by atoms with Crippen LogP contribution in [-0.4, -0.2) is 56.4 Å². The number of nitrogens with one attached hydrogen (secondary N) is 1. The van der Waals surface area contributed by atoms with Gasteiger partial charge in [0.2, 0.25) is 0 Å². The number of thioether (sulfide) groups is 1. The number of fused-ring (bicyclic) bond motifs is 2. The van der Waals surface area contributed by atoms with Crippen LogP contribution in [-0.2, 0) is 16.0 Å². The molecule has 2 bridgehead atoms. The van der Waals surface area contributed by atoms with Crippen LogP contribution in [0.15, 0.2) is 63.9 Å². The van der Waals surface area contributed by atoms with Crippen molar-refractivity contribution in [3.8, 4) is 22.8 Å². The second-order valence-electron chi connectivity index (χ2n) is 11.1. The summed E-state index contributed by atoms with van der Waals surface area (Å²) in [6.45, 7) is 0. The minimum atomic E-state index is -1.21. The maximum atomic E-state index is 13.3. The minimum absolute atomic E-state index is 0.0269. The number of amides is 2. The van der Waals surface area contributed by atoms with Gasteiger partial charge in [-0.2, -0.15) is 0 Å². The molecule has 2 amide bonds. The number of hydrogen-bond acceptors (Lipinski definition) is 8. The number of benzene rings is 2. The second-order valence-corrected chi connectivity index (χ2v) is 12.8. The fourth-order valence-electron chi connectivity index (χ4n) is 6.35. The molecule has 1 saturated heterocycles. The van der Waals surface area contributed by atoms with Crippen molar-refractivity contribution in [1.29, 1.82) is 0 Å². The van der Waals surface area contributed by atoms with Gasteiger partial charge in [-0.3, -0.25) is 14.5 Å². The molecule has 1 aromatic heterocycles. The summed E-state index contributed by atoms with van der Waals surface area (Å²) in [5.74, 6) is 0.604. The molecule has 0 spiro atoms. The third kappa shape index (κ3) is 5.92. The number of aromatic hydroxyl groups is 1. The molecule has 222 valence electrons. The zero-order valence-corrected chi connectivity index (χ0v) is 25.0. The van der Waals surface area contributed by atoms with Crippen LogP contribution in [0.5, 0.6) is 11.5 Å². The molecule has 4 unspecified atom stereocenters. The van der Waals surface area contributed by atoms with Gasteiger partial charge in [0.25, 0.3) is 11.8 Å². The summed E-state index contributed by atoms with van der Waals surface area (Å²) in [6.07, 6.45) is 6.33. The smallest absolute Gasteiger partial charge is 0.326 e. The number of phenols is 1. The number of phenolic OH excluding ortho intramolecular Hbond substituents is 1. The highest BCUT2D eigenvalue weighted by Gasteiger charge is 2.48. The Labute approximate surface area is 257 Å². The molecule has 2 heterocycles. The second kappa shape index (κ2) is 11.9. The maximum Gasteiger partial charge on any atom is 0.326 e. The topological polar surface area (TPSA) is 129 Å². The van der Waals surface area contributed by atoms with Gasteiger partial charge in [-0.15, -0.1) is 0 Å². The standard InChI is InChI=1S/C32H30N2O7S2/c1-40-27-10-6-20(15-23(27)29(36)33-24(31(38)39)13-17-3-7-21(35)8-4-17)26-11-9-22(41-26)16-28-30(37)34(32(42)43-28)25-14-18-2-5-19(25)12-18/h3-4,6-11,15-16,18-19,24-25,35H,2,5,12-14H2,1H3,(H,33,36)(H,38,39)/b28-16-. The number of thiocarbonyl (C=S) groups is 1. The molecule has 43 heavy (non-hydrogen) atoms. The summed E-state index contributed by atoms with van der Waals surface area (Å²) in [4.78, 5) is 40.9. The Kier molecular flexibility index (Phi) is 8.02. The first kappa shape index (κ1) is 29.0. The predicted molar refractivity (Wildman–Crippen MR) is 166 cm³/mol. The lowest BCUT2D eigenvalue weighted by Crippen LogP contribution is -2.42. The van der Waals surface area contributed by atoms with Crippen LogP contribution in [0.4, 0.5) is 0 Å². The number of carbonyl (C=O) groups excluding carboxylic acids is 2. The number of nitrogens with zero attached hydrogens (tertiary/aromatic N) is 1. The molecule has 3 aliphatic rings. The Morgan fingerprint density at radius 3 is 2.63 bits per heavy atom. The first-order valence-corrected chi connectivity index (χ1v) is 15.3. The number of aliphatic carboxylic acids is 1. The van der Waals surface area contributed by atoms with Gasteiger partial charge in [0.05, 0.1) is 17.6 Å². The summed E-state index contributed by atoms with van der Waals surface area (Å²) in [7, 11) is 1.43. The van der Waals surface area contributed by atoms with E-state index in [1.54, 1.807) is 53.4 Å². The van der Waals surface area contributed by atoms with E-state index in [4.69, 9.17) is 21.4 Å². The number of furan rings is 1. The molecule has 11 heteroatoms. The zero-order valence-electron chi connectivity index (χ0n) is 23.3. The molecule has 9 nitrogen and oxygen atoms in total. The highest BCUT2D eigenvalue weighted by Crippen LogP contribution is 2.49. The van der Waals surface area contributed by atoms with Gasteiger partial charge in [0.15, 0.2) is 0 Å². The van der Waals surface area contributed by atoms with E-state index in [2.05, 4.69) is 5.32 Å². The molecule has 4 atom stereocenters. The summed E-state index contributed by atoms with van der Waals surface area (Å²) in [5.41, 5.74) is 1.36. The van der Waals surface area contributed by atoms with E-state index >= 15 is 0 Å². The molecule has 3 aromatic rings. The van der Waals surface area contributed by atoms with Crippen LogP contribution in [0.2, 0.25) is 0 Å². The van der Waals surface area contributed by atoms with Gasteiger partial charge in [-0.25, -0.2) is 4.79 Å². The average molecular weight is 619 g/mol. The Bertz CT molecular complexity index is 1630. The van der Waals surface area contributed by atoms with Crippen molar-refractivity contribution in [2.45, 2.75) is 44.2 Å². The van der Waals surface area contributed by atoms with Crippen molar-refractivity contribution < 1.29 is 33.8 Å². The van der Waals surface area contributed by atoms with E-state index in [9.17, 15) is 24.6 Å². The zero-order chi connectivity index (χ0) is 30.2. The van der Waals surface area contributed by atoms with Gasteiger partial charge in [0.1, 0.15) is 33.4 Å². The highest BCUT2D eigenvalue weighted by molar-refractivity contribution is 8.26. The van der Waals surface area contributed by atoms with Gasteiger partial charge < -0.3 is 24.7 Å². The van der Waals surface area contributed by atoms with Crippen molar-refractivity contribution in [2.75, 3.05) is 7.11 Å². The normalized spacial score (nSPS) is 22.8. The number of ether oxygens (including phenoxy) is 1. The monoisotopic (exact) mass is 618 g/mol. The van der Waals surface area contributed by atoms with Gasteiger partial charge in [-0.1, -0.05) is 42.5 Å². The van der Waals surface area contributed by atoms with Crippen molar-refractivity contribution >= 4 is 52.2 Å². The Morgan fingerprint density at radius 2 is 1.95 bits per heavy atom. The average Bonchev–Trinajstić information content (AvgIpc) is 3.79. The molecular formula is C32H30N2O7S2.